The van der Waals surface area contributed by atoms with Gasteiger partial charge in [0, 0.05) is 11.1 Å². The van der Waals surface area contributed by atoms with Gasteiger partial charge in [-0.05, 0) is 62.0 Å². The third-order valence-corrected chi connectivity index (χ3v) is 5.45. The van der Waals surface area contributed by atoms with Crippen molar-refractivity contribution in [1.29, 1.82) is 0 Å². The van der Waals surface area contributed by atoms with E-state index in [1.54, 1.807) is 6.92 Å². The van der Waals surface area contributed by atoms with Gasteiger partial charge < -0.3 is 14.9 Å². The molecule has 0 fully saturated rings. The highest BCUT2D eigenvalue weighted by Crippen LogP contribution is 2.50. The van der Waals surface area contributed by atoms with Crippen molar-refractivity contribution in [2.75, 3.05) is 0 Å². The van der Waals surface area contributed by atoms with Crippen LogP contribution < -0.4 is 0 Å². The molecule has 2 rings (SSSR count). The molecule has 25 heavy (non-hydrogen) atoms. The molecule has 2 N–H and O–H groups in total. The Labute approximate surface area is 149 Å². The Hall–Kier alpha value is -1.72. The van der Waals surface area contributed by atoms with E-state index < -0.39 is 18.4 Å². The highest BCUT2D eigenvalue weighted by atomic mass is 16.6. The Morgan fingerprint density at radius 2 is 2.16 bits per heavy atom. The van der Waals surface area contributed by atoms with Crippen LogP contribution in [-0.2, 0) is 14.3 Å². The van der Waals surface area contributed by atoms with Crippen LogP contribution in [0.2, 0.25) is 0 Å². The summed E-state index contributed by atoms with van der Waals surface area (Å²) < 4.78 is 4.97. The van der Waals surface area contributed by atoms with Crippen LogP contribution in [0.15, 0.2) is 34.9 Å². The second kappa shape index (κ2) is 7.67. The lowest BCUT2D eigenvalue weighted by atomic mass is 9.64. The summed E-state index contributed by atoms with van der Waals surface area (Å²) in [7, 11) is 0. The molecule has 0 saturated carbocycles. The van der Waals surface area contributed by atoms with E-state index in [-0.39, 0.29) is 11.3 Å². The minimum absolute atomic E-state index is 0.283. The number of carbonyl (C=O) groups is 2. The highest BCUT2D eigenvalue weighted by Gasteiger charge is 2.47. The van der Waals surface area contributed by atoms with E-state index in [9.17, 15) is 19.8 Å². The first-order valence-corrected chi connectivity index (χ1v) is 8.77. The second-order valence-electron chi connectivity index (χ2n) is 7.70. The number of ether oxygens (including phenoxy) is 1. The first kappa shape index (κ1) is 19.6. The van der Waals surface area contributed by atoms with Crippen molar-refractivity contribution >= 4 is 12.3 Å². The van der Waals surface area contributed by atoms with Crippen LogP contribution in [0.3, 0.4) is 0 Å². The first-order valence-electron chi connectivity index (χ1n) is 8.77. The van der Waals surface area contributed by atoms with Gasteiger partial charge in [0.15, 0.2) is 0 Å². The third kappa shape index (κ3) is 4.28. The summed E-state index contributed by atoms with van der Waals surface area (Å²) in [6, 6.07) is 0. The maximum atomic E-state index is 12.1. The molecule has 3 unspecified atom stereocenters. The summed E-state index contributed by atoms with van der Waals surface area (Å²) in [5.74, 6) is -0.119. The molecule has 5 nitrogen and oxygen atoms in total. The van der Waals surface area contributed by atoms with Gasteiger partial charge in [0.25, 0.3) is 0 Å². The summed E-state index contributed by atoms with van der Waals surface area (Å²) in [6.07, 6.45) is 4.06. The van der Waals surface area contributed by atoms with E-state index in [4.69, 9.17) is 4.74 Å². The number of carbonyl (C=O) groups excluding carboxylic acids is 2. The molecule has 0 saturated heterocycles. The van der Waals surface area contributed by atoms with Gasteiger partial charge in [-0.15, -0.1) is 0 Å². The molecule has 0 aromatic carbocycles. The molecule has 138 valence electrons. The predicted octanol–water partition coefficient (Wildman–Crippen LogP) is 2.83. The number of aliphatic hydroxyl groups excluding tert-OH is 2. The van der Waals surface area contributed by atoms with Crippen molar-refractivity contribution in [2.45, 2.75) is 65.3 Å². The summed E-state index contributed by atoms with van der Waals surface area (Å²) in [4.78, 5) is 22.7. The van der Waals surface area contributed by atoms with E-state index in [0.717, 1.165) is 36.7 Å². The van der Waals surface area contributed by atoms with Crippen molar-refractivity contribution in [1.82, 2.24) is 0 Å². The molecule has 0 aromatic heterocycles. The lowest BCUT2D eigenvalue weighted by molar-refractivity contribution is -0.152. The largest absolute Gasteiger partial charge is 0.428 e. The number of hydrogen-bond acceptors (Lipinski definition) is 5. The molecule has 1 heterocycles. The van der Waals surface area contributed by atoms with E-state index in [0.29, 0.717) is 24.0 Å². The van der Waals surface area contributed by atoms with Crippen LogP contribution in [0.25, 0.3) is 0 Å². The Morgan fingerprint density at radius 3 is 2.80 bits per heavy atom. The van der Waals surface area contributed by atoms with Crippen molar-refractivity contribution in [3.8, 4) is 0 Å². The standard InChI is InChI=1S/C20H28O5/c1-12(9-15(22)10-13(2)11-21)5-6-14-7-8-16-17(20(14,3)4)19(24)25-18(16)23/h10-11,14-15,18,22-23H,1,5-9H2,2-4H3. The first-order chi connectivity index (χ1) is 11.7. The topological polar surface area (TPSA) is 83.8 Å². The van der Waals surface area contributed by atoms with Gasteiger partial charge >= 0.3 is 5.97 Å². The van der Waals surface area contributed by atoms with Crippen LogP contribution in [0.1, 0.15) is 52.9 Å². The summed E-state index contributed by atoms with van der Waals surface area (Å²) in [5, 5.41) is 19.8. The zero-order valence-electron chi connectivity index (χ0n) is 15.2. The van der Waals surface area contributed by atoms with Crippen LogP contribution >= 0.6 is 0 Å². The quantitative estimate of drug-likeness (QED) is 0.320. The fraction of sp³-hybridized carbons (Fsp3) is 0.600. The fourth-order valence-corrected chi connectivity index (χ4v) is 3.99. The number of cyclic esters (lactones) is 1. The van der Waals surface area contributed by atoms with Gasteiger partial charge in [0.1, 0.15) is 6.29 Å². The van der Waals surface area contributed by atoms with E-state index in [1.165, 1.54) is 6.08 Å². The van der Waals surface area contributed by atoms with Gasteiger partial charge in [0.2, 0.25) is 6.29 Å². The number of esters is 1. The van der Waals surface area contributed by atoms with E-state index >= 15 is 0 Å². The normalized spacial score (nSPS) is 26.9. The summed E-state index contributed by atoms with van der Waals surface area (Å²) >= 11 is 0. The van der Waals surface area contributed by atoms with E-state index in [1.807, 2.05) is 13.8 Å². The predicted molar refractivity (Wildman–Crippen MR) is 94.4 cm³/mol. The molecular formula is C20H28O5. The zero-order chi connectivity index (χ0) is 18.8. The summed E-state index contributed by atoms with van der Waals surface area (Å²) in [5.41, 5.74) is 2.44. The molecule has 5 heteroatoms. The Bertz CT molecular complexity index is 626. The van der Waals surface area contributed by atoms with Crippen LogP contribution in [-0.4, -0.2) is 34.9 Å². The van der Waals surface area contributed by atoms with Gasteiger partial charge in [-0.3, -0.25) is 4.79 Å². The molecule has 0 amide bonds. The molecular weight excluding hydrogens is 320 g/mol. The molecule has 0 radical (unpaired) electrons. The average molecular weight is 348 g/mol. The van der Waals surface area contributed by atoms with Gasteiger partial charge in [-0.25, -0.2) is 4.79 Å². The number of aldehydes is 1. The second-order valence-corrected chi connectivity index (χ2v) is 7.70. The maximum absolute atomic E-state index is 12.1. The van der Waals surface area contributed by atoms with Gasteiger partial charge in [0.05, 0.1) is 6.10 Å². The van der Waals surface area contributed by atoms with Crippen LogP contribution in [0.5, 0.6) is 0 Å². The Kier molecular flexibility index (Phi) is 6.01. The zero-order valence-corrected chi connectivity index (χ0v) is 15.2. The smallest absolute Gasteiger partial charge is 0.337 e. The lowest BCUT2D eigenvalue weighted by Crippen LogP contribution is -2.33. The average Bonchev–Trinajstić information content (AvgIpc) is 2.81. The van der Waals surface area contributed by atoms with Crippen molar-refractivity contribution in [3.05, 3.63) is 34.9 Å². The van der Waals surface area contributed by atoms with Crippen molar-refractivity contribution < 1.29 is 24.5 Å². The maximum Gasteiger partial charge on any atom is 0.337 e. The fourth-order valence-electron chi connectivity index (χ4n) is 3.99. The number of allylic oxidation sites excluding steroid dienone is 1. The Morgan fingerprint density at radius 1 is 1.48 bits per heavy atom. The Balaban J connectivity index is 1.96. The van der Waals surface area contributed by atoms with Crippen LogP contribution in [0, 0.1) is 11.3 Å². The summed E-state index contributed by atoms with van der Waals surface area (Å²) in [6.45, 7) is 9.74. The lowest BCUT2D eigenvalue weighted by Gasteiger charge is -2.39. The molecule has 0 aromatic rings. The monoisotopic (exact) mass is 348 g/mol. The molecule has 0 bridgehead atoms. The van der Waals surface area contributed by atoms with Crippen molar-refractivity contribution in [3.63, 3.8) is 0 Å². The highest BCUT2D eigenvalue weighted by molar-refractivity contribution is 5.93. The van der Waals surface area contributed by atoms with E-state index in [2.05, 4.69) is 6.58 Å². The molecule has 1 aliphatic heterocycles. The minimum atomic E-state index is -1.08. The molecule has 1 aliphatic carbocycles. The van der Waals surface area contributed by atoms with Gasteiger partial charge in [-0.1, -0.05) is 26.0 Å². The molecule has 0 spiro atoms. The number of rotatable bonds is 7. The van der Waals surface area contributed by atoms with Crippen LogP contribution in [0.4, 0.5) is 0 Å². The molecule has 3 atom stereocenters. The number of hydrogen-bond donors (Lipinski definition) is 2. The SMILES string of the molecule is C=C(CCC1CCC2=C(C(=O)OC2O)C1(C)C)CC(O)C=C(C)C=O. The number of aliphatic hydroxyl groups is 2. The molecule has 2 aliphatic rings. The van der Waals surface area contributed by atoms with Gasteiger partial charge in [-0.2, -0.15) is 0 Å². The third-order valence-electron chi connectivity index (χ3n) is 5.45. The minimum Gasteiger partial charge on any atom is -0.428 e. The van der Waals surface area contributed by atoms with Crippen molar-refractivity contribution in [2.24, 2.45) is 11.3 Å².